The molecule has 3 heterocycles. The van der Waals surface area contributed by atoms with Gasteiger partial charge in [0, 0.05) is 0 Å². The van der Waals surface area contributed by atoms with Crippen molar-refractivity contribution in [3.8, 4) is 0 Å². The third-order valence-corrected chi connectivity index (χ3v) is 3.83. The van der Waals surface area contributed by atoms with Gasteiger partial charge >= 0.3 is 5.97 Å². The van der Waals surface area contributed by atoms with E-state index in [1.807, 2.05) is 0 Å². The summed E-state index contributed by atoms with van der Waals surface area (Å²) < 4.78 is 28.8. The summed E-state index contributed by atoms with van der Waals surface area (Å²) in [6.45, 7) is 6.44. The third kappa shape index (κ3) is 3.20. The Bertz CT molecular complexity index is 519. The van der Waals surface area contributed by atoms with Crippen LogP contribution in [0.1, 0.15) is 27.7 Å². The first-order chi connectivity index (χ1) is 10.6. The summed E-state index contributed by atoms with van der Waals surface area (Å²) in [5.74, 6) is -3.51. The lowest BCUT2D eigenvalue weighted by atomic mass is 9.98. The number of amides is 1. The van der Waals surface area contributed by atoms with Gasteiger partial charge in [-0.1, -0.05) is 0 Å². The fourth-order valence-electron chi connectivity index (χ4n) is 3.09. The van der Waals surface area contributed by atoms with Crippen LogP contribution in [-0.2, 0) is 33.3 Å². The van der Waals surface area contributed by atoms with Gasteiger partial charge in [0.05, 0.1) is 0 Å². The van der Waals surface area contributed by atoms with Crippen LogP contribution in [0, 0.1) is 0 Å². The van der Waals surface area contributed by atoms with Gasteiger partial charge in [-0.15, -0.1) is 0 Å². The van der Waals surface area contributed by atoms with Crippen LogP contribution in [-0.4, -0.2) is 65.8 Å². The minimum absolute atomic E-state index is 0.503. The van der Waals surface area contributed by atoms with E-state index < -0.39 is 60.7 Å². The molecular weight excluding hydrogens is 310 g/mol. The van der Waals surface area contributed by atoms with Gasteiger partial charge in [-0.3, -0.25) is 9.59 Å². The molecule has 0 aliphatic carbocycles. The van der Waals surface area contributed by atoms with Crippen molar-refractivity contribution in [1.29, 1.82) is 0 Å². The number of fused-ring (bicyclic) bond motifs is 3. The van der Waals surface area contributed by atoms with Crippen molar-refractivity contribution in [3.05, 3.63) is 0 Å². The average molecular weight is 331 g/mol. The fourth-order valence-corrected chi connectivity index (χ4v) is 3.09. The number of hydrogen-bond donors (Lipinski definition) is 2. The molecule has 0 spiro atoms. The lowest BCUT2D eigenvalue weighted by Gasteiger charge is -2.36. The van der Waals surface area contributed by atoms with Crippen molar-refractivity contribution in [1.82, 2.24) is 5.32 Å². The minimum atomic E-state index is -1.14. The zero-order valence-corrected chi connectivity index (χ0v) is 13.4. The Morgan fingerprint density at radius 2 is 1.52 bits per heavy atom. The van der Waals surface area contributed by atoms with Gasteiger partial charge in [0.25, 0.3) is 5.91 Å². The van der Waals surface area contributed by atoms with Crippen LogP contribution in [0.25, 0.3) is 0 Å². The lowest BCUT2D eigenvalue weighted by molar-refractivity contribution is -0.231. The second-order valence-electron chi connectivity index (χ2n) is 6.70. The maximum atomic E-state index is 12.3. The van der Waals surface area contributed by atoms with Crippen molar-refractivity contribution >= 4 is 11.9 Å². The predicted octanol–water partition coefficient (Wildman–Crippen LogP) is -0.416. The summed E-state index contributed by atoms with van der Waals surface area (Å²) in [7, 11) is 0. The summed E-state index contributed by atoms with van der Waals surface area (Å²) in [6.07, 6.45) is -3.62. The van der Waals surface area contributed by atoms with E-state index in [4.69, 9.17) is 28.8 Å². The Balaban J connectivity index is 1.81. The summed E-state index contributed by atoms with van der Waals surface area (Å²) in [4.78, 5) is 22.9. The van der Waals surface area contributed by atoms with E-state index in [1.54, 1.807) is 27.7 Å². The van der Waals surface area contributed by atoms with Crippen LogP contribution >= 0.6 is 0 Å². The Morgan fingerprint density at radius 1 is 0.957 bits per heavy atom. The molecule has 0 radical (unpaired) electrons. The van der Waals surface area contributed by atoms with Gasteiger partial charge in [0.15, 0.2) is 24.0 Å². The molecule has 0 aromatic carbocycles. The molecule has 23 heavy (non-hydrogen) atoms. The van der Waals surface area contributed by atoms with E-state index in [-0.39, 0.29) is 0 Å². The summed E-state index contributed by atoms with van der Waals surface area (Å²) >= 11 is 0. The summed E-state index contributed by atoms with van der Waals surface area (Å²) in [5.41, 5.74) is 0. The number of carboxylic acids is 1. The van der Waals surface area contributed by atoms with Crippen molar-refractivity contribution in [3.63, 3.8) is 0 Å². The van der Waals surface area contributed by atoms with Gasteiger partial charge in [-0.2, -0.15) is 0 Å². The smallest absolute Gasteiger partial charge is 0.322 e. The first-order valence-electron chi connectivity index (χ1n) is 7.44. The molecule has 3 aliphatic rings. The van der Waals surface area contributed by atoms with Crippen molar-refractivity contribution in [2.45, 2.75) is 70.0 Å². The van der Waals surface area contributed by atoms with Crippen molar-refractivity contribution in [2.75, 3.05) is 6.54 Å². The standard InChI is InChI=1S/C14H21NO8/c1-13(2)20-7-8(21-13)10-12(23-14(3,4)22-10)19-9(7)11(18)15-5-6(16)17/h7-10,12H,5H2,1-4H3,(H,15,18)(H,16,17). The lowest BCUT2D eigenvalue weighted by Crippen LogP contribution is -2.59. The minimum Gasteiger partial charge on any atom is -0.480 e. The van der Waals surface area contributed by atoms with Gasteiger partial charge in [0.2, 0.25) is 0 Å². The van der Waals surface area contributed by atoms with E-state index >= 15 is 0 Å². The van der Waals surface area contributed by atoms with Crippen LogP contribution in [0.5, 0.6) is 0 Å². The topological polar surface area (TPSA) is 113 Å². The number of rotatable bonds is 3. The molecular formula is C14H21NO8. The van der Waals surface area contributed by atoms with Gasteiger partial charge < -0.3 is 34.1 Å². The van der Waals surface area contributed by atoms with E-state index in [2.05, 4.69) is 5.32 Å². The fraction of sp³-hybridized carbons (Fsp3) is 0.857. The highest BCUT2D eigenvalue weighted by Gasteiger charge is 2.62. The molecule has 3 rings (SSSR count). The molecule has 0 bridgehead atoms. The molecule has 3 aliphatic heterocycles. The highest BCUT2D eigenvalue weighted by Crippen LogP contribution is 2.44. The summed E-state index contributed by atoms with van der Waals surface area (Å²) in [5, 5.41) is 11.0. The zero-order valence-electron chi connectivity index (χ0n) is 13.4. The monoisotopic (exact) mass is 331 g/mol. The Hall–Kier alpha value is -1.26. The number of carbonyl (C=O) groups excluding carboxylic acids is 1. The Kier molecular flexibility index (Phi) is 3.88. The largest absolute Gasteiger partial charge is 0.480 e. The molecule has 0 aromatic heterocycles. The maximum Gasteiger partial charge on any atom is 0.322 e. The molecule has 9 nitrogen and oxygen atoms in total. The van der Waals surface area contributed by atoms with E-state index in [0.717, 1.165) is 0 Å². The Labute approximate surface area is 133 Å². The van der Waals surface area contributed by atoms with Gasteiger partial charge in [0.1, 0.15) is 24.9 Å². The van der Waals surface area contributed by atoms with Crippen LogP contribution in [0.4, 0.5) is 0 Å². The SMILES string of the molecule is CC1(C)OC2OC(C(=O)NCC(=O)O)C3OC(C)(C)OC3C2O1. The Morgan fingerprint density at radius 3 is 2.17 bits per heavy atom. The van der Waals surface area contributed by atoms with Crippen LogP contribution < -0.4 is 5.32 Å². The maximum absolute atomic E-state index is 12.3. The normalized spacial score (nSPS) is 40.3. The third-order valence-electron chi connectivity index (χ3n) is 3.83. The molecule has 9 heteroatoms. The molecule has 0 saturated carbocycles. The molecule has 1 amide bonds. The van der Waals surface area contributed by atoms with Crippen molar-refractivity contribution in [2.24, 2.45) is 0 Å². The first-order valence-corrected chi connectivity index (χ1v) is 7.44. The van der Waals surface area contributed by atoms with Gasteiger partial charge in [-0.05, 0) is 27.7 Å². The van der Waals surface area contributed by atoms with E-state index in [1.165, 1.54) is 0 Å². The highest BCUT2D eigenvalue weighted by atomic mass is 16.9. The molecule has 5 unspecified atom stereocenters. The predicted molar refractivity (Wildman–Crippen MR) is 73.2 cm³/mol. The number of aliphatic carboxylic acids is 1. The van der Waals surface area contributed by atoms with Crippen LogP contribution in [0.3, 0.4) is 0 Å². The van der Waals surface area contributed by atoms with Gasteiger partial charge in [-0.25, -0.2) is 0 Å². The number of hydrogen-bond acceptors (Lipinski definition) is 7. The zero-order chi connectivity index (χ0) is 17.0. The molecule has 2 N–H and O–H groups in total. The average Bonchev–Trinajstić information content (AvgIpc) is 2.89. The van der Waals surface area contributed by atoms with E-state index in [0.29, 0.717) is 0 Å². The second-order valence-corrected chi connectivity index (χ2v) is 6.70. The number of carbonyl (C=O) groups is 2. The van der Waals surface area contributed by atoms with Crippen molar-refractivity contribution < 1.29 is 38.4 Å². The first kappa shape index (κ1) is 16.6. The van der Waals surface area contributed by atoms with Crippen LogP contribution in [0.15, 0.2) is 0 Å². The van der Waals surface area contributed by atoms with E-state index in [9.17, 15) is 9.59 Å². The van der Waals surface area contributed by atoms with Crippen LogP contribution in [0.2, 0.25) is 0 Å². The molecule has 5 atom stereocenters. The molecule has 3 fully saturated rings. The molecule has 0 aromatic rings. The molecule has 130 valence electrons. The number of ether oxygens (including phenoxy) is 5. The second kappa shape index (κ2) is 5.38. The number of nitrogens with one attached hydrogen (secondary N) is 1. The number of carboxylic acid groups (broad SMARTS) is 1. The quantitative estimate of drug-likeness (QED) is 0.717. The highest BCUT2D eigenvalue weighted by molar-refractivity contribution is 5.85. The molecule has 3 saturated heterocycles. The summed E-state index contributed by atoms with van der Waals surface area (Å²) in [6, 6.07) is 0.